The molecule has 6 rings (SSSR count). The molecule has 3 aromatic carbocycles. The molecule has 1 aromatic heterocycles. The molecule has 1 atom stereocenters. The van der Waals surface area contributed by atoms with E-state index in [2.05, 4.69) is 22.3 Å². The van der Waals surface area contributed by atoms with Crippen LogP contribution in [0.3, 0.4) is 0 Å². The normalized spacial score (nSPS) is 17.0. The molecule has 1 fully saturated rings. The Labute approximate surface area is 257 Å². The van der Waals surface area contributed by atoms with E-state index in [0.29, 0.717) is 55.5 Å². The van der Waals surface area contributed by atoms with Crippen LogP contribution >= 0.6 is 34.8 Å². The minimum absolute atomic E-state index is 0.123. The number of nitrogens with zero attached hydrogens (tertiary/aromatic N) is 1. The van der Waals surface area contributed by atoms with Gasteiger partial charge in [0.2, 0.25) is 5.72 Å². The Morgan fingerprint density at radius 1 is 1.12 bits per heavy atom. The Bertz CT molecular complexity index is 1730. The van der Waals surface area contributed by atoms with Crippen LogP contribution in [0.1, 0.15) is 65.8 Å². The van der Waals surface area contributed by atoms with Crippen molar-refractivity contribution in [3.8, 4) is 34.6 Å². The summed E-state index contributed by atoms with van der Waals surface area (Å²) in [6.07, 6.45) is 3.29. The Morgan fingerprint density at radius 3 is 2.57 bits per heavy atom. The third-order valence-electron chi connectivity index (χ3n) is 7.17. The maximum atomic E-state index is 11.7. The van der Waals surface area contributed by atoms with Gasteiger partial charge in [-0.3, -0.25) is 0 Å². The molecule has 2 N–H and O–H groups in total. The van der Waals surface area contributed by atoms with Crippen LogP contribution in [0.5, 0.6) is 11.5 Å². The molecule has 0 spiro atoms. The molecule has 214 valence electrons. The average Bonchev–Trinajstić information content (AvgIpc) is 3.62. The third-order valence-corrected chi connectivity index (χ3v) is 8.19. The fraction of sp³-hybridized carbons (Fsp3) is 0.250. The molecule has 4 aromatic rings. The number of fused-ring (bicyclic) bond motifs is 1. The number of benzene rings is 3. The van der Waals surface area contributed by atoms with Gasteiger partial charge >= 0.3 is 5.97 Å². The molecule has 0 saturated heterocycles. The lowest BCUT2D eigenvalue weighted by Crippen LogP contribution is -2.38. The Kier molecular flexibility index (Phi) is 7.71. The van der Waals surface area contributed by atoms with E-state index >= 15 is 0 Å². The van der Waals surface area contributed by atoms with Crippen molar-refractivity contribution in [3.05, 3.63) is 92.1 Å². The van der Waals surface area contributed by atoms with E-state index in [1.165, 1.54) is 6.07 Å². The number of carboxylic acid groups (broad SMARTS) is 1. The number of carboxylic acids is 1. The first-order valence-corrected chi connectivity index (χ1v) is 14.6. The molecule has 1 saturated carbocycles. The van der Waals surface area contributed by atoms with Crippen LogP contribution < -0.4 is 14.8 Å². The van der Waals surface area contributed by atoms with Crippen LogP contribution in [0.4, 0.5) is 5.69 Å². The molecule has 1 unspecified atom stereocenters. The van der Waals surface area contributed by atoms with Gasteiger partial charge < -0.3 is 24.4 Å². The monoisotopic (exact) mass is 622 g/mol. The van der Waals surface area contributed by atoms with E-state index in [4.69, 9.17) is 48.8 Å². The number of para-hydroxylation sites is 1. The van der Waals surface area contributed by atoms with Gasteiger partial charge in [-0.25, -0.2) is 4.79 Å². The van der Waals surface area contributed by atoms with Gasteiger partial charge in [-0.05, 0) is 61.6 Å². The van der Waals surface area contributed by atoms with Crippen LogP contribution in [-0.4, -0.2) is 22.0 Å². The number of nitrogens with one attached hydrogen (secondary N) is 1. The van der Waals surface area contributed by atoms with Gasteiger partial charge in [0.05, 0.1) is 31.9 Å². The number of rotatable bonds is 8. The largest absolute Gasteiger partial charge is 0.487 e. The van der Waals surface area contributed by atoms with E-state index in [0.717, 1.165) is 30.6 Å². The number of aromatic nitrogens is 1. The first kappa shape index (κ1) is 28.3. The van der Waals surface area contributed by atoms with E-state index < -0.39 is 11.7 Å². The van der Waals surface area contributed by atoms with Gasteiger partial charge in [-0.1, -0.05) is 71.0 Å². The molecule has 2 aliphatic rings. The van der Waals surface area contributed by atoms with Crippen molar-refractivity contribution in [2.24, 2.45) is 0 Å². The molecule has 10 heteroatoms. The maximum Gasteiger partial charge on any atom is 0.337 e. The summed E-state index contributed by atoms with van der Waals surface area (Å²) in [6.45, 7) is 2.14. The Balaban J connectivity index is 1.28. The molecular weight excluding hydrogens is 599 g/mol. The fourth-order valence-electron chi connectivity index (χ4n) is 5.01. The molecule has 0 bridgehead atoms. The Morgan fingerprint density at radius 2 is 1.86 bits per heavy atom. The van der Waals surface area contributed by atoms with E-state index in [1.54, 1.807) is 48.5 Å². The zero-order valence-corrected chi connectivity index (χ0v) is 24.7. The highest BCUT2D eigenvalue weighted by atomic mass is 35.5. The molecule has 0 amide bonds. The number of anilines is 1. The molecule has 1 aliphatic heterocycles. The number of ether oxygens (including phenoxy) is 2. The summed E-state index contributed by atoms with van der Waals surface area (Å²) in [4.78, 5) is 11.7. The molecule has 0 radical (unpaired) electrons. The van der Waals surface area contributed by atoms with Gasteiger partial charge in [-0.2, -0.15) is 0 Å². The number of halogens is 3. The van der Waals surface area contributed by atoms with Crippen molar-refractivity contribution < 1.29 is 23.9 Å². The molecule has 7 nitrogen and oxygen atoms in total. The SMILES string of the molecule is CCCC1(C#Cc2cccc(OCc3c(-c4c(Cl)cccc4Cl)noc3C3CC3)c2Cl)Nc2c(cccc2C(=O)O)O1. The highest BCUT2D eigenvalue weighted by Gasteiger charge is 2.39. The molecule has 1 aliphatic carbocycles. The quantitative estimate of drug-likeness (QED) is 0.189. The molecule has 42 heavy (non-hydrogen) atoms. The van der Waals surface area contributed by atoms with Gasteiger partial charge in [0.15, 0.2) is 0 Å². The van der Waals surface area contributed by atoms with Crippen molar-refractivity contribution in [1.82, 2.24) is 5.16 Å². The lowest BCUT2D eigenvalue weighted by molar-refractivity contribution is 0.0698. The highest BCUT2D eigenvalue weighted by Crippen LogP contribution is 2.46. The van der Waals surface area contributed by atoms with Crippen molar-refractivity contribution in [3.63, 3.8) is 0 Å². The van der Waals surface area contributed by atoms with Crippen molar-refractivity contribution in [1.29, 1.82) is 0 Å². The highest BCUT2D eigenvalue weighted by molar-refractivity contribution is 6.39. The third kappa shape index (κ3) is 5.38. The minimum atomic E-state index is -1.10. The van der Waals surface area contributed by atoms with Gasteiger partial charge in [-0.15, -0.1) is 0 Å². The van der Waals surface area contributed by atoms with Gasteiger partial charge in [0.1, 0.15) is 29.6 Å². The second-order valence-corrected chi connectivity index (χ2v) is 11.4. The van der Waals surface area contributed by atoms with E-state index in [9.17, 15) is 9.90 Å². The number of carbonyl (C=O) groups is 1. The summed E-state index contributed by atoms with van der Waals surface area (Å²) >= 11 is 19.8. The zero-order chi connectivity index (χ0) is 29.4. The second kappa shape index (κ2) is 11.4. The zero-order valence-electron chi connectivity index (χ0n) is 22.5. The Hall–Kier alpha value is -3.83. The lowest BCUT2D eigenvalue weighted by Gasteiger charge is -2.23. The van der Waals surface area contributed by atoms with Crippen LogP contribution in [-0.2, 0) is 6.61 Å². The average molecular weight is 624 g/mol. The summed E-state index contributed by atoms with van der Waals surface area (Å²) in [5, 5.41) is 18.4. The molecular formula is C32H25Cl3N2O5. The van der Waals surface area contributed by atoms with E-state index in [1.807, 2.05) is 6.92 Å². The van der Waals surface area contributed by atoms with E-state index in [-0.39, 0.29) is 18.1 Å². The van der Waals surface area contributed by atoms with Crippen LogP contribution in [0.15, 0.2) is 59.1 Å². The van der Waals surface area contributed by atoms with Crippen molar-refractivity contribution in [2.75, 3.05) is 5.32 Å². The van der Waals surface area contributed by atoms with Crippen LogP contribution in [0, 0.1) is 11.8 Å². The van der Waals surface area contributed by atoms with Crippen molar-refractivity contribution >= 4 is 46.5 Å². The summed E-state index contributed by atoms with van der Waals surface area (Å²) in [5.74, 6) is 7.16. The van der Waals surface area contributed by atoms with Gasteiger partial charge in [0.25, 0.3) is 0 Å². The summed E-state index contributed by atoms with van der Waals surface area (Å²) in [6, 6.07) is 15.5. The summed E-state index contributed by atoms with van der Waals surface area (Å²) in [7, 11) is 0. The fourth-order valence-corrected chi connectivity index (χ4v) is 5.81. The smallest absolute Gasteiger partial charge is 0.337 e. The predicted octanol–water partition coefficient (Wildman–Crippen LogP) is 8.81. The second-order valence-electron chi connectivity index (χ2n) is 10.2. The predicted molar refractivity (Wildman–Crippen MR) is 162 cm³/mol. The maximum absolute atomic E-state index is 11.7. The van der Waals surface area contributed by atoms with Crippen LogP contribution in [0.2, 0.25) is 15.1 Å². The number of hydrogen-bond donors (Lipinski definition) is 2. The first-order valence-electron chi connectivity index (χ1n) is 13.5. The van der Waals surface area contributed by atoms with Crippen LogP contribution in [0.25, 0.3) is 11.3 Å². The molecule has 2 heterocycles. The summed E-state index contributed by atoms with van der Waals surface area (Å²) in [5.41, 5.74) is 1.88. The lowest BCUT2D eigenvalue weighted by atomic mass is 10.0. The summed E-state index contributed by atoms with van der Waals surface area (Å²) < 4.78 is 18.1. The number of aromatic carboxylic acids is 1. The standard InChI is InChI=1S/C32H25Cl3N2O5/c1-2-15-32(36-28-20(31(38)39)7-4-11-25(28)41-32)16-14-18-6-3-10-24(27(18)35)40-17-21-29(37-42-30(21)19-12-13-19)26-22(33)8-5-9-23(26)34/h3-11,19,36H,2,12-13,15,17H2,1H3,(H,38,39). The topological polar surface area (TPSA) is 93.8 Å². The first-order chi connectivity index (χ1) is 20.3. The minimum Gasteiger partial charge on any atom is -0.487 e. The van der Waals surface area contributed by atoms with Crippen molar-refractivity contribution in [2.45, 2.75) is 50.9 Å². The number of hydrogen-bond acceptors (Lipinski definition) is 6. The van der Waals surface area contributed by atoms with Gasteiger partial charge in [0, 0.05) is 23.5 Å².